The van der Waals surface area contributed by atoms with Crippen LogP contribution in [0.3, 0.4) is 0 Å². The lowest BCUT2D eigenvalue weighted by molar-refractivity contribution is -0.156. The van der Waals surface area contributed by atoms with Crippen molar-refractivity contribution in [2.24, 2.45) is 17.4 Å². The highest BCUT2D eigenvalue weighted by atomic mass is 16.5. The van der Waals surface area contributed by atoms with Crippen LogP contribution in [0.2, 0.25) is 0 Å². The number of aliphatic carboxylic acids is 4. The maximum absolute atomic E-state index is 14.9. The number of fused-ring (bicyclic) bond motifs is 2. The van der Waals surface area contributed by atoms with Crippen molar-refractivity contribution in [2.45, 2.75) is 223 Å². The number of hydrogen-bond acceptors (Lipinski definition) is 21. The van der Waals surface area contributed by atoms with Crippen LogP contribution in [0.5, 0.6) is 0 Å². The summed E-state index contributed by atoms with van der Waals surface area (Å²) in [5.74, 6) is -24.8. The summed E-state index contributed by atoms with van der Waals surface area (Å²) >= 11 is 0. The molecular weight excluding hydrogens is 1510 g/mol. The molecule has 115 heavy (non-hydrogen) atoms. The Kier molecular flexibility index (Phi) is 37.5. The third kappa shape index (κ3) is 31.8. The van der Waals surface area contributed by atoms with Gasteiger partial charge in [-0.1, -0.05) is 88.8 Å². The number of para-hydroxylation sites is 2. The average Bonchev–Trinajstić information content (AvgIpc) is 1.76. The molecule has 1 aliphatic rings. The Balaban J connectivity index is 1.56. The first-order valence-corrected chi connectivity index (χ1v) is 37.5. The molecule has 41 heteroatoms. The molecule has 5 rings (SSSR count). The van der Waals surface area contributed by atoms with Gasteiger partial charge in [-0.25, -0.2) is 4.79 Å². The zero-order chi connectivity index (χ0) is 85.2. The van der Waals surface area contributed by atoms with Gasteiger partial charge in [0.1, 0.15) is 72.6 Å². The Morgan fingerprint density at radius 3 is 1.55 bits per heavy atom. The molecule has 1 aliphatic heterocycles. The number of hydrogen-bond donors (Lipinski definition) is 21. The van der Waals surface area contributed by atoms with Crippen LogP contribution in [0.4, 0.5) is 0 Å². The summed E-state index contributed by atoms with van der Waals surface area (Å²) in [6.07, 6.45) is -0.160. The molecule has 628 valence electrons. The Hall–Kier alpha value is -12.6. The van der Waals surface area contributed by atoms with Gasteiger partial charge in [0.15, 0.2) is 0 Å². The standard InChI is InChI=1S/C74H103N17O24/c1-37(2)17-10-8-6-7-9-11-23-56(93)84-49(27-41-33-77-45-20-14-12-18-43(41)45)70(110)87-50(29-55(76)92)71(111)89-53(32-62(102)103)72(112)91-63-40(5)115-74(114)54(28-42-34-78-46-21-15-13-19-44(42)46)90-68(108)48(24-25-59(96)97)85-64(104)38(3)81-57(94)35-79-66(106)51(30-60(98)99)86-65(105)39(4)82-69(109)52(31-61(100)101)88-67(107)47(22-16-26-75)83-58(95)36-80-73(63)113/h12-15,18-21,33-34,37-40,47-54,63,77-78H,6-11,16-17,22-32,35-36,75H2,1-5H3,(H2,76,92)(H,79,106)(H,80,113)(H,81,94)(H,82,109)(H,83,95)(H,84,93)(H,85,104)(H,86,105)(H,87,110)(H,88,107)(H,89,111)(H,90,108)(H,91,112)(H,96,97)(H,98,99)(H,100,101)(H,102,103). The summed E-state index contributed by atoms with van der Waals surface area (Å²) in [7, 11) is 0. The Morgan fingerprint density at radius 2 is 0.974 bits per heavy atom. The number of primary amides is 1. The van der Waals surface area contributed by atoms with Crippen molar-refractivity contribution in [3.05, 3.63) is 72.1 Å². The molecule has 12 unspecified atom stereocenters. The lowest BCUT2D eigenvalue weighted by Gasteiger charge is -2.29. The van der Waals surface area contributed by atoms with E-state index < -0.39 is 243 Å². The number of benzene rings is 2. The summed E-state index contributed by atoms with van der Waals surface area (Å²) in [4.78, 5) is 265. The number of amides is 14. The highest BCUT2D eigenvalue weighted by molar-refractivity contribution is 6.02. The number of nitrogens with two attached hydrogens (primary N) is 2. The van der Waals surface area contributed by atoms with Gasteiger partial charge < -0.3 is 116 Å². The zero-order valence-corrected chi connectivity index (χ0v) is 64.2. The van der Waals surface area contributed by atoms with Crippen LogP contribution < -0.4 is 80.6 Å². The molecule has 1 fully saturated rings. The Labute approximate surface area is 659 Å². The second kappa shape index (κ2) is 46.4. The fourth-order valence-electron chi connectivity index (χ4n) is 12.2. The highest BCUT2D eigenvalue weighted by Gasteiger charge is 2.40. The van der Waals surface area contributed by atoms with Crippen molar-refractivity contribution >= 4 is 134 Å². The number of unbranched alkanes of at least 4 members (excludes halogenated alkanes) is 5. The van der Waals surface area contributed by atoms with Crippen LogP contribution in [-0.2, 0) is 109 Å². The minimum atomic E-state index is -2.33. The number of esters is 1. The first kappa shape index (κ1) is 93.0. The van der Waals surface area contributed by atoms with Crippen LogP contribution in [0.1, 0.15) is 148 Å². The molecule has 0 radical (unpaired) electrons. The summed E-state index contributed by atoms with van der Waals surface area (Å²) in [6, 6.07) is -7.55. The zero-order valence-electron chi connectivity index (χ0n) is 64.2. The van der Waals surface area contributed by atoms with Crippen molar-refractivity contribution in [1.29, 1.82) is 0 Å². The lowest BCUT2D eigenvalue weighted by atomic mass is 10.0. The van der Waals surface area contributed by atoms with E-state index in [4.69, 9.17) is 16.2 Å². The van der Waals surface area contributed by atoms with Crippen molar-refractivity contribution in [2.75, 3.05) is 19.6 Å². The van der Waals surface area contributed by atoms with Crippen molar-refractivity contribution < 1.29 is 116 Å². The fourth-order valence-corrected chi connectivity index (χ4v) is 12.2. The molecule has 1 saturated heterocycles. The van der Waals surface area contributed by atoms with Gasteiger partial charge in [-0.05, 0) is 82.2 Å². The Bertz CT molecular complexity index is 4180. The minimum Gasteiger partial charge on any atom is -0.481 e. The molecule has 14 amide bonds. The molecular formula is C74H103N17O24. The number of aromatic amines is 2. The third-order valence-corrected chi connectivity index (χ3v) is 18.3. The largest absolute Gasteiger partial charge is 0.481 e. The van der Waals surface area contributed by atoms with E-state index in [1.807, 2.05) is 0 Å². The third-order valence-electron chi connectivity index (χ3n) is 18.3. The average molecular weight is 1610 g/mol. The van der Waals surface area contributed by atoms with E-state index in [1.165, 1.54) is 6.20 Å². The molecule has 0 bridgehead atoms. The molecule has 41 nitrogen and oxygen atoms in total. The number of rotatable bonds is 34. The topological polar surface area (TPSA) is 654 Å². The number of H-pyrrole nitrogens is 2. The molecule has 2 aromatic carbocycles. The maximum Gasteiger partial charge on any atom is 0.329 e. The molecule has 23 N–H and O–H groups in total. The molecule has 0 spiro atoms. The van der Waals surface area contributed by atoms with Crippen LogP contribution in [-0.4, -0.2) is 235 Å². The first-order valence-electron chi connectivity index (χ1n) is 37.5. The van der Waals surface area contributed by atoms with E-state index in [1.54, 1.807) is 54.7 Å². The Morgan fingerprint density at radius 1 is 0.487 bits per heavy atom. The lowest BCUT2D eigenvalue weighted by Crippen LogP contribution is -2.61. The molecule has 12 atom stereocenters. The number of carbonyl (C=O) groups excluding carboxylic acids is 15. The van der Waals surface area contributed by atoms with E-state index in [-0.39, 0.29) is 32.2 Å². The van der Waals surface area contributed by atoms with Crippen molar-refractivity contribution in [1.82, 2.24) is 79.1 Å². The molecule has 0 aliphatic carbocycles. The van der Waals surface area contributed by atoms with Crippen LogP contribution in [0, 0.1) is 5.92 Å². The van der Waals surface area contributed by atoms with Gasteiger partial charge in [0.05, 0.1) is 38.8 Å². The maximum atomic E-state index is 14.9. The molecule has 3 heterocycles. The first-order chi connectivity index (χ1) is 54.4. The van der Waals surface area contributed by atoms with E-state index >= 15 is 0 Å². The minimum absolute atomic E-state index is 0.00202. The van der Waals surface area contributed by atoms with E-state index in [0.29, 0.717) is 51.7 Å². The quantitative estimate of drug-likeness (QED) is 0.0161. The smallest absolute Gasteiger partial charge is 0.329 e. The van der Waals surface area contributed by atoms with Gasteiger partial charge in [0, 0.05) is 59.9 Å². The highest BCUT2D eigenvalue weighted by Crippen LogP contribution is 2.23. The molecule has 2 aromatic heterocycles. The summed E-state index contributed by atoms with van der Waals surface area (Å²) in [5, 5.41) is 69.8. The van der Waals surface area contributed by atoms with Gasteiger partial charge in [-0.2, -0.15) is 0 Å². The van der Waals surface area contributed by atoms with E-state index in [0.717, 1.165) is 52.9 Å². The van der Waals surface area contributed by atoms with E-state index in [9.17, 15) is 112 Å². The number of cyclic esters (lactones) is 1. The fraction of sp³-hybridized carbons (Fsp3) is 0.527. The normalized spacial score (nSPS) is 21.1. The van der Waals surface area contributed by atoms with Gasteiger partial charge in [-0.15, -0.1) is 0 Å². The summed E-state index contributed by atoms with van der Waals surface area (Å²) < 4.78 is 5.84. The SMILES string of the molecule is CC(C)CCCCCCCCC(=O)NC(Cc1c[nH]c2ccccc12)C(=O)NC(CC(N)=O)C(=O)NC(CC(=O)O)C(=O)NC1C(=O)NCC(=O)NC(CCCN)C(=O)NC(CC(=O)O)C(=O)NC(C)C(=O)NC(CC(=O)O)C(=O)NCC(=O)NC(C)C(=O)NC(CCC(=O)O)C(=O)NC(Cc2c[nH]c3ccccc23)C(=O)OC1C. The number of ether oxygens (including phenoxy) is 1. The number of nitrogens with one attached hydrogen (secondary N) is 15. The van der Waals surface area contributed by atoms with Crippen LogP contribution in [0.25, 0.3) is 21.8 Å². The van der Waals surface area contributed by atoms with Crippen molar-refractivity contribution in [3.8, 4) is 0 Å². The predicted octanol–water partition coefficient (Wildman–Crippen LogP) is -3.34. The van der Waals surface area contributed by atoms with Crippen LogP contribution in [0.15, 0.2) is 60.9 Å². The number of carboxylic acid groups (broad SMARTS) is 4. The second-order valence-electron chi connectivity index (χ2n) is 28.2. The number of aromatic nitrogens is 2. The number of carboxylic acids is 4. The second-order valence-corrected chi connectivity index (χ2v) is 28.2. The van der Waals surface area contributed by atoms with E-state index in [2.05, 4.69) is 92.9 Å². The molecule has 0 saturated carbocycles. The van der Waals surface area contributed by atoms with Crippen LogP contribution >= 0.6 is 0 Å². The monoisotopic (exact) mass is 1610 g/mol. The van der Waals surface area contributed by atoms with Gasteiger partial charge >= 0.3 is 29.8 Å². The molecule has 4 aromatic rings. The van der Waals surface area contributed by atoms with Crippen molar-refractivity contribution in [3.63, 3.8) is 0 Å². The number of carbonyl (C=O) groups is 19. The predicted molar refractivity (Wildman–Crippen MR) is 406 cm³/mol. The van der Waals surface area contributed by atoms with Gasteiger partial charge in [0.2, 0.25) is 82.7 Å². The van der Waals surface area contributed by atoms with Gasteiger partial charge in [-0.3, -0.25) is 86.3 Å². The van der Waals surface area contributed by atoms with Gasteiger partial charge in [0.25, 0.3) is 0 Å². The summed E-state index contributed by atoms with van der Waals surface area (Å²) in [5.41, 5.74) is 13.4. The summed E-state index contributed by atoms with van der Waals surface area (Å²) in [6.45, 7) is 5.03.